The van der Waals surface area contributed by atoms with Crippen molar-refractivity contribution in [2.75, 3.05) is 24.4 Å². The fourth-order valence-electron chi connectivity index (χ4n) is 3.77. The van der Waals surface area contributed by atoms with Gasteiger partial charge in [0.15, 0.2) is 12.4 Å². The summed E-state index contributed by atoms with van der Waals surface area (Å²) in [5.74, 6) is 1.91. The van der Waals surface area contributed by atoms with E-state index in [1.54, 1.807) is 18.4 Å². The van der Waals surface area contributed by atoms with E-state index in [4.69, 9.17) is 19.4 Å². The molecular formula is C24H22N4O3S. The molecule has 32 heavy (non-hydrogen) atoms. The molecule has 2 aromatic heterocycles. The number of nitrogens with one attached hydrogen (secondary N) is 2. The molecule has 5 rings (SSSR count). The zero-order valence-electron chi connectivity index (χ0n) is 17.7. The van der Waals surface area contributed by atoms with Gasteiger partial charge in [0, 0.05) is 18.1 Å². The molecule has 3 heterocycles. The highest BCUT2D eigenvalue weighted by atomic mass is 32.1. The Labute approximate surface area is 189 Å². The summed E-state index contributed by atoms with van der Waals surface area (Å²) in [6.07, 6.45) is 0. The average Bonchev–Trinajstić information content (AvgIpc) is 3.23. The fraction of sp³-hybridized carbons (Fsp3) is 0.208. The second-order valence-corrected chi connectivity index (χ2v) is 8.43. The Morgan fingerprint density at radius 2 is 2.06 bits per heavy atom. The summed E-state index contributed by atoms with van der Waals surface area (Å²) in [7, 11) is 1.64. The molecule has 7 nitrogen and oxygen atoms in total. The summed E-state index contributed by atoms with van der Waals surface area (Å²) in [5, 5.41) is 9.54. The van der Waals surface area contributed by atoms with Crippen LogP contribution in [0.4, 0.5) is 11.5 Å². The SMILES string of the molecule is COCc1nc(NC(C)c2ccc3c(c2)NC(=O)CO3)c2c(-c3ccccc3)csc2n1. The van der Waals surface area contributed by atoms with Gasteiger partial charge in [-0.15, -0.1) is 11.3 Å². The molecule has 0 saturated heterocycles. The minimum absolute atomic E-state index is 0.0434. The number of rotatable bonds is 6. The van der Waals surface area contributed by atoms with Gasteiger partial charge in [-0.2, -0.15) is 0 Å². The lowest BCUT2D eigenvalue weighted by molar-refractivity contribution is -0.118. The predicted octanol–water partition coefficient (Wildman–Crippen LogP) is 5.01. The van der Waals surface area contributed by atoms with Crippen LogP contribution < -0.4 is 15.4 Å². The monoisotopic (exact) mass is 446 g/mol. The molecule has 0 aliphatic carbocycles. The number of anilines is 2. The van der Waals surface area contributed by atoms with E-state index >= 15 is 0 Å². The number of amides is 1. The Balaban J connectivity index is 1.54. The molecular weight excluding hydrogens is 424 g/mol. The summed E-state index contributed by atoms with van der Waals surface area (Å²) in [6, 6.07) is 16.0. The highest BCUT2D eigenvalue weighted by molar-refractivity contribution is 7.17. The van der Waals surface area contributed by atoms with Crippen LogP contribution in [0, 0.1) is 0 Å². The van der Waals surface area contributed by atoms with Gasteiger partial charge in [-0.1, -0.05) is 36.4 Å². The molecule has 1 amide bonds. The number of aromatic nitrogens is 2. The molecule has 162 valence electrons. The Kier molecular flexibility index (Phi) is 5.46. The Bertz CT molecular complexity index is 1290. The molecule has 0 spiro atoms. The quantitative estimate of drug-likeness (QED) is 0.433. The number of nitrogens with zero attached hydrogens (tertiary/aromatic N) is 2. The summed E-state index contributed by atoms with van der Waals surface area (Å²) in [6.45, 7) is 2.44. The lowest BCUT2D eigenvalue weighted by Crippen LogP contribution is -2.25. The van der Waals surface area contributed by atoms with E-state index < -0.39 is 0 Å². The molecule has 1 unspecified atom stereocenters. The summed E-state index contributed by atoms with van der Waals surface area (Å²) < 4.78 is 10.8. The number of hydrogen-bond donors (Lipinski definition) is 2. The molecule has 0 bridgehead atoms. The molecule has 2 aromatic carbocycles. The second-order valence-electron chi connectivity index (χ2n) is 7.58. The number of ether oxygens (including phenoxy) is 2. The van der Waals surface area contributed by atoms with E-state index in [9.17, 15) is 4.79 Å². The maximum absolute atomic E-state index is 11.7. The van der Waals surface area contributed by atoms with Crippen LogP contribution in [-0.4, -0.2) is 29.6 Å². The average molecular weight is 447 g/mol. The Morgan fingerprint density at radius 1 is 1.22 bits per heavy atom. The first kappa shape index (κ1) is 20.4. The number of thiophene rings is 1. The van der Waals surface area contributed by atoms with Crippen molar-refractivity contribution < 1.29 is 14.3 Å². The maximum Gasteiger partial charge on any atom is 0.262 e. The molecule has 0 fully saturated rings. The zero-order valence-corrected chi connectivity index (χ0v) is 18.5. The van der Waals surface area contributed by atoms with E-state index in [1.807, 2.05) is 36.4 Å². The van der Waals surface area contributed by atoms with Crippen LogP contribution >= 0.6 is 11.3 Å². The topological polar surface area (TPSA) is 85.4 Å². The van der Waals surface area contributed by atoms with Crippen LogP contribution in [0.2, 0.25) is 0 Å². The van der Waals surface area contributed by atoms with E-state index in [1.165, 1.54) is 0 Å². The van der Waals surface area contributed by atoms with Crippen LogP contribution in [0.5, 0.6) is 5.75 Å². The van der Waals surface area contributed by atoms with E-state index in [0.717, 1.165) is 32.7 Å². The smallest absolute Gasteiger partial charge is 0.262 e. The van der Waals surface area contributed by atoms with Crippen molar-refractivity contribution in [3.63, 3.8) is 0 Å². The molecule has 4 aromatic rings. The Hall–Kier alpha value is -3.49. The van der Waals surface area contributed by atoms with E-state index in [0.29, 0.717) is 23.9 Å². The number of methoxy groups -OCH3 is 1. The molecule has 0 saturated carbocycles. The summed E-state index contributed by atoms with van der Waals surface area (Å²) >= 11 is 1.59. The van der Waals surface area contributed by atoms with E-state index in [-0.39, 0.29) is 18.6 Å². The first-order valence-corrected chi connectivity index (χ1v) is 11.2. The highest BCUT2D eigenvalue weighted by Gasteiger charge is 2.20. The van der Waals surface area contributed by atoms with Gasteiger partial charge in [-0.05, 0) is 30.2 Å². The standard InChI is InChI=1S/C24H22N4O3S/c1-14(16-8-9-19-18(10-16)26-21(29)12-31-19)25-23-22-17(15-6-4-3-5-7-15)13-32-24(22)28-20(27-23)11-30-2/h3-10,13-14H,11-12H2,1-2H3,(H,26,29)(H,25,27,28). The van der Waals surface area contributed by atoms with Gasteiger partial charge in [-0.3, -0.25) is 4.79 Å². The number of carbonyl (C=O) groups excluding carboxylic acids is 1. The van der Waals surface area contributed by atoms with Crippen molar-refractivity contribution in [2.24, 2.45) is 0 Å². The highest BCUT2D eigenvalue weighted by Crippen LogP contribution is 2.38. The number of fused-ring (bicyclic) bond motifs is 2. The van der Waals surface area contributed by atoms with Gasteiger partial charge < -0.3 is 20.1 Å². The van der Waals surface area contributed by atoms with Gasteiger partial charge in [-0.25, -0.2) is 9.97 Å². The van der Waals surface area contributed by atoms with Crippen LogP contribution in [0.15, 0.2) is 53.9 Å². The van der Waals surface area contributed by atoms with Crippen LogP contribution in [-0.2, 0) is 16.1 Å². The van der Waals surface area contributed by atoms with Crippen LogP contribution in [0.1, 0.15) is 24.4 Å². The molecule has 8 heteroatoms. The third-order valence-corrected chi connectivity index (χ3v) is 6.20. The number of carbonyl (C=O) groups is 1. The third-order valence-electron chi connectivity index (χ3n) is 5.33. The van der Waals surface area contributed by atoms with Crippen LogP contribution in [0.25, 0.3) is 21.3 Å². The minimum atomic E-state index is -0.150. The van der Waals surface area contributed by atoms with Crippen LogP contribution in [0.3, 0.4) is 0 Å². The van der Waals surface area contributed by atoms with Gasteiger partial charge in [0.05, 0.1) is 17.1 Å². The van der Waals surface area contributed by atoms with Gasteiger partial charge in [0.2, 0.25) is 0 Å². The van der Waals surface area contributed by atoms with Gasteiger partial charge in [0.25, 0.3) is 5.91 Å². The fourth-order valence-corrected chi connectivity index (χ4v) is 4.74. The van der Waals surface area contributed by atoms with Gasteiger partial charge in [0.1, 0.15) is 23.0 Å². The zero-order chi connectivity index (χ0) is 22.1. The van der Waals surface area contributed by atoms with Crippen molar-refractivity contribution >= 4 is 39.0 Å². The first-order chi connectivity index (χ1) is 15.6. The molecule has 1 aliphatic heterocycles. The Morgan fingerprint density at radius 3 is 2.88 bits per heavy atom. The maximum atomic E-state index is 11.7. The van der Waals surface area contributed by atoms with Crippen molar-refractivity contribution in [1.82, 2.24) is 9.97 Å². The third kappa shape index (κ3) is 3.90. The van der Waals surface area contributed by atoms with Crippen molar-refractivity contribution in [1.29, 1.82) is 0 Å². The minimum Gasteiger partial charge on any atom is -0.482 e. The second kappa shape index (κ2) is 8.57. The number of hydrogen-bond acceptors (Lipinski definition) is 7. The van der Waals surface area contributed by atoms with Gasteiger partial charge >= 0.3 is 0 Å². The molecule has 1 atom stereocenters. The lowest BCUT2D eigenvalue weighted by atomic mass is 10.0. The molecule has 0 radical (unpaired) electrons. The summed E-state index contributed by atoms with van der Waals surface area (Å²) in [5.41, 5.74) is 3.90. The van der Waals surface area contributed by atoms with Crippen molar-refractivity contribution in [2.45, 2.75) is 19.6 Å². The van der Waals surface area contributed by atoms with Crippen molar-refractivity contribution in [3.05, 3.63) is 65.3 Å². The molecule has 1 aliphatic rings. The van der Waals surface area contributed by atoms with Crippen molar-refractivity contribution in [3.8, 4) is 16.9 Å². The first-order valence-electron chi connectivity index (χ1n) is 10.3. The largest absolute Gasteiger partial charge is 0.482 e. The number of benzene rings is 2. The molecule has 2 N–H and O–H groups in total. The summed E-state index contributed by atoms with van der Waals surface area (Å²) in [4.78, 5) is 22.1. The van der Waals surface area contributed by atoms with E-state index in [2.05, 4.69) is 35.1 Å². The lowest BCUT2D eigenvalue weighted by Gasteiger charge is -2.21. The predicted molar refractivity (Wildman–Crippen MR) is 126 cm³/mol. The normalized spacial score (nSPS) is 13.9.